The first-order valence-electron chi connectivity index (χ1n) is 7.92. The van der Waals surface area contributed by atoms with Crippen LogP contribution in [0.1, 0.15) is 32.1 Å². The minimum atomic E-state index is -0.399. The monoisotopic (exact) mass is 332 g/mol. The number of carbonyl (C=O) groups is 2. The Morgan fingerprint density at radius 2 is 1.79 bits per heavy atom. The van der Waals surface area contributed by atoms with Crippen molar-refractivity contribution in [2.75, 3.05) is 13.2 Å². The molecule has 0 saturated heterocycles. The normalized spacial score (nSPS) is 13.2. The second-order valence-corrected chi connectivity index (χ2v) is 5.17. The lowest BCUT2D eigenvalue weighted by Crippen LogP contribution is -2.10. The Labute approximate surface area is 143 Å². The van der Waals surface area contributed by atoms with Crippen molar-refractivity contribution in [1.82, 2.24) is 0 Å². The van der Waals surface area contributed by atoms with Crippen LogP contribution in [0.3, 0.4) is 0 Å². The number of unbranched alkanes of at least 4 members (excludes halogenated alkanes) is 2. The average Bonchev–Trinajstić information content (AvgIpc) is 2.60. The predicted molar refractivity (Wildman–Crippen MR) is 91.8 cm³/mol. The van der Waals surface area contributed by atoms with E-state index >= 15 is 0 Å². The summed E-state index contributed by atoms with van der Waals surface area (Å²) < 4.78 is 15.6. The first-order chi connectivity index (χ1) is 11.6. The summed E-state index contributed by atoms with van der Waals surface area (Å²) in [4.78, 5) is 22.6. The van der Waals surface area contributed by atoms with E-state index < -0.39 is 11.9 Å². The molecule has 0 aliphatic heterocycles. The molecule has 0 amide bonds. The molecule has 0 aromatic heterocycles. The fourth-order valence-corrected chi connectivity index (χ4v) is 1.95. The number of carbonyl (C=O) groups excluding carboxylic acids is 2. The minimum Gasteiger partial charge on any atom is -0.498 e. The molecule has 0 unspecified atom stereocenters. The number of rotatable bonds is 11. The molecule has 0 saturated carbocycles. The van der Waals surface area contributed by atoms with Gasteiger partial charge in [0.05, 0.1) is 19.0 Å². The van der Waals surface area contributed by atoms with Crippen LogP contribution in [0, 0.1) is 0 Å². The Morgan fingerprint density at radius 3 is 2.42 bits per heavy atom. The van der Waals surface area contributed by atoms with Gasteiger partial charge in [0.25, 0.3) is 0 Å². The van der Waals surface area contributed by atoms with Crippen LogP contribution in [0.15, 0.2) is 61.1 Å². The predicted octanol–water partition coefficient (Wildman–Crippen LogP) is 3.75. The van der Waals surface area contributed by atoms with Crippen molar-refractivity contribution < 1.29 is 23.8 Å². The molecule has 5 heteroatoms. The van der Waals surface area contributed by atoms with Crippen LogP contribution < -0.4 is 0 Å². The van der Waals surface area contributed by atoms with Gasteiger partial charge in [-0.25, -0.2) is 9.59 Å². The highest BCUT2D eigenvalue weighted by molar-refractivity contribution is 5.90. The molecule has 1 aliphatic rings. The molecule has 0 bridgehead atoms. The Morgan fingerprint density at radius 1 is 1.04 bits per heavy atom. The van der Waals surface area contributed by atoms with E-state index in [1.807, 2.05) is 0 Å². The zero-order valence-corrected chi connectivity index (χ0v) is 13.9. The SMILES string of the molecule is C=CC(=C)OC(=O)C1=CC=C(OCCCCCOC(=O)C=C)CC1. The van der Waals surface area contributed by atoms with E-state index in [-0.39, 0.29) is 5.76 Å². The van der Waals surface area contributed by atoms with Gasteiger partial charge in [0.15, 0.2) is 0 Å². The van der Waals surface area contributed by atoms with E-state index in [9.17, 15) is 9.59 Å². The minimum absolute atomic E-state index is 0.241. The summed E-state index contributed by atoms with van der Waals surface area (Å²) in [5.74, 6) is 0.304. The number of ether oxygens (including phenoxy) is 3. The van der Waals surface area contributed by atoms with E-state index in [0.717, 1.165) is 31.1 Å². The molecule has 0 fully saturated rings. The van der Waals surface area contributed by atoms with Gasteiger partial charge >= 0.3 is 11.9 Å². The maximum absolute atomic E-state index is 11.8. The summed E-state index contributed by atoms with van der Waals surface area (Å²) in [7, 11) is 0. The van der Waals surface area contributed by atoms with Gasteiger partial charge in [-0.05, 0) is 43.9 Å². The van der Waals surface area contributed by atoms with Crippen molar-refractivity contribution in [3.05, 3.63) is 61.1 Å². The molecular formula is C19H24O5. The topological polar surface area (TPSA) is 61.8 Å². The lowest BCUT2D eigenvalue weighted by Gasteiger charge is -2.15. The zero-order valence-electron chi connectivity index (χ0n) is 13.9. The van der Waals surface area contributed by atoms with Crippen LogP contribution in [0.4, 0.5) is 0 Å². The lowest BCUT2D eigenvalue weighted by atomic mass is 10.0. The first kappa shape index (κ1) is 19.5. The zero-order chi connectivity index (χ0) is 17.8. The number of hydrogen-bond acceptors (Lipinski definition) is 5. The Bertz CT molecular complexity index is 554. The van der Waals surface area contributed by atoms with Crippen molar-refractivity contribution in [1.29, 1.82) is 0 Å². The Hall–Kier alpha value is -2.56. The summed E-state index contributed by atoms with van der Waals surface area (Å²) in [5, 5.41) is 0. The largest absolute Gasteiger partial charge is 0.498 e. The highest BCUT2D eigenvalue weighted by Crippen LogP contribution is 2.21. The molecule has 0 aromatic rings. The van der Waals surface area contributed by atoms with Crippen LogP contribution in [-0.4, -0.2) is 25.2 Å². The Kier molecular flexibility index (Phi) is 8.97. The maximum Gasteiger partial charge on any atom is 0.339 e. The standard InChI is InChI=1S/C19H24O5/c1-4-15(3)24-19(21)16-9-11-17(12-10-16)22-13-7-6-8-14-23-18(20)5-2/h4-5,9,11H,1-3,6-8,10,12-14H2. The summed E-state index contributed by atoms with van der Waals surface area (Å²) in [5.41, 5.74) is 0.592. The van der Waals surface area contributed by atoms with E-state index in [4.69, 9.17) is 14.2 Å². The van der Waals surface area contributed by atoms with Gasteiger partial charge in [0.2, 0.25) is 0 Å². The highest BCUT2D eigenvalue weighted by Gasteiger charge is 2.15. The van der Waals surface area contributed by atoms with Gasteiger partial charge in [-0.2, -0.15) is 0 Å². The summed E-state index contributed by atoms with van der Waals surface area (Å²) in [6.07, 6.45) is 9.88. The number of hydrogen-bond donors (Lipinski definition) is 0. The van der Waals surface area contributed by atoms with Crippen molar-refractivity contribution in [2.24, 2.45) is 0 Å². The molecular weight excluding hydrogens is 308 g/mol. The van der Waals surface area contributed by atoms with Crippen LogP contribution in [0.2, 0.25) is 0 Å². The average molecular weight is 332 g/mol. The molecule has 0 N–H and O–H groups in total. The van der Waals surface area contributed by atoms with Crippen LogP contribution in [-0.2, 0) is 23.8 Å². The van der Waals surface area contributed by atoms with Crippen molar-refractivity contribution >= 4 is 11.9 Å². The third kappa shape index (κ3) is 7.63. The van der Waals surface area contributed by atoms with Crippen LogP contribution in [0.5, 0.6) is 0 Å². The second-order valence-electron chi connectivity index (χ2n) is 5.17. The van der Waals surface area contributed by atoms with E-state index in [1.165, 1.54) is 6.08 Å². The molecule has 0 radical (unpaired) electrons. The van der Waals surface area contributed by atoms with Gasteiger partial charge in [-0.1, -0.05) is 19.7 Å². The summed E-state index contributed by atoms with van der Waals surface area (Å²) in [6.45, 7) is 11.4. The fraction of sp³-hybridized carbons (Fsp3) is 0.368. The molecule has 1 aliphatic carbocycles. The second kappa shape index (κ2) is 11.0. The summed E-state index contributed by atoms with van der Waals surface area (Å²) >= 11 is 0. The van der Waals surface area contributed by atoms with E-state index in [2.05, 4.69) is 19.7 Å². The molecule has 5 nitrogen and oxygen atoms in total. The summed E-state index contributed by atoms with van der Waals surface area (Å²) in [6, 6.07) is 0. The lowest BCUT2D eigenvalue weighted by molar-refractivity contribution is -0.138. The van der Waals surface area contributed by atoms with E-state index in [1.54, 1.807) is 12.2 Å². The van der Waals surface area contributed by atoms with Crippen molar-refractivity contribution in [2.45, 2.75) is 32.1 Å². The highest BCUT2D eigenvalue weighted by atomic mass is 16.5. The quantitative estimate of drug-likeness (QED) is 0.190. The first-order valence-corrected chi connectivity index (χ1v) is 7.92. The molecule has 130 valence electrons. The fourth-order valence-electron chi connectivity index (χ4n) is 1.95. The van der Waals surface area contributed by atoms with Crippen molar-refractivity contribution in [3.63, 3.8) is 0 Å². The molecule has 0 aromatic carbocycles. The van der Waals surface area contributed by atoms with Crippen LogP contribution in [0.25, 0.3) is 0 Å². The molecule has 0 heterocycles. The van der Waals surface area contributed by atoms with Gasteiger partial charge in [-0.3, -0.25) is 0 Å². The smallest absolute Gasteiger partial charge is 0.339 e. The molecule has 24 heavy (non-hydrogen) atoms. The van der Waals surface area contributed by atoms with Crippen molar-refractivity contribution in [3.8, 4) is 0 Å². The van der Waals surface area contributed by atoms with Gasteiger partial charge in [-0.15, -0.1) is 0 Å². The maximum atomic E-state index is 11.8. The Balaban J connectivity index is 2.20. The molecule has 0 atom stereocenters. The van der Waals surface area contributed by atoms with Gasteiger partial charge in [0.1, 0.15) is 5.76 Å². The third-order valence-corrected chi connectivity index (χ3v) is 3.31. The van der Waals surface area contributed by atoms with Gasteiger partial charge in [0, 0.05) is 18.1 Å². The molecule has 0 spiro atoms. The number of esters is 2. The van der Waals surface area contributed by atoms with Gasteiger partial charge < -0.3 is 14.2 Å². The molecule has 1 rings (SSSR count). The van der Waals surface area contributed by atoms with E-state index in [0.29, 0.717) is 31.6 Å². The number of allylic oxidation sites excluding steroid dienone is 4. The van der Waals surface area contributed by atoms with Crippen LogP contribution >= 0.6 is 0 Å². The third-order valence-electron chi connectivity index (χ3n) is 3.31.